The number of amides is 2. The average Bonchev–Trinajstić information content (AvgIpc) is 2.96. The van der Waals surface area contributed by atoms with Gasteiger partial charge in [0.1, 0.15) is 0 Å². The number of aromatic nitrogens is 2. The zero-order valence-corrected chi connectivity index (χ0v) is 16.5. The molecule has 0 atom stereocenters. The van der Waals surface area contributed by atoms with Crippen LogP contribution >= 0.6 is 11.6 Å². The summed E-state index contributed by atoms with van der Waals surface area (Å²) in [5.41, 5.74) is 1.65. The lowest BCUT2D eigenvalue weighted by Crippen LogP contribution is -2.45. The van der Waals surface area contributed by atoms with E-state index in [1.165, 1.54) is 6.20 Å². The Kier molecular flexibility index (Phi) is 6.08. The summed E-state index contributed by atoms with van der Waals surface area (Å²) in [6.45, 7) is 9.55. The second kappa shape index (κ2) is 7.91. The molecule has 0 radical (unpaired) electrons. The molecule has 1 aromatic heterocycles. The topological polar surface area (TPSA) is 76.0 Å². The molecule has 0 aliphatic carbocycles. The number of benzene rings is 1. The molecule has 6 nitrogen and oxygen atoms in total. The Labute approximate surface area is 158 Å². The minimum Gasteiger partial charge on any atom is -0.350 e. The monoisotopic (exact) mass is 376 g/mol. The van der Waals surface area contributed by atoms with Crippen LogP contribution in [0.3, 0.4) is 0 Å². The van der Waals surface area contributed by atoms with Gasteiger partial charge in [0.25, 0.3) is 5.91 Å². The molecular weight excluding hydrogens is 352 g/mol. The third-order valence-electron chi connectivity index (χ3n) is 3.57. The zero-order chi connectivity index (χ0) is 19.5. The second-order valence-corrected chi connectivity index (χ2v) is 7.91. The first-order valence-corrected chi connectivity index (χ1v) is 8.89. The maximum absolute atomic E-state index is 12.6. The SMILES string of the molecule is CC(C)c1c(C(=O)NCC(=O)NC(C)(C)C)cnn1-c1cccc(Cl)c1. The van der Waals surface area contributed by atoms with E-state index < -0.39 is 0 Å². The van der Waals surface area contributed by atoms with Gasteiger partial charge in [-0.05, 0) is 44.9 Å². The van der Waals surface area contributed by atoms with Crippen LogP contribution < -0.4 is 10.6 Å². The first kappa shape index (κ1) is 20.0. The number of rotatable bonds is 5. The molecule has 140 valence electrons. The Morgan fingerprint density at radius 1 is 1.27 bits per heavy atom. The Morgan fingerprint density at radius 2 is 1.96 bits per heavy atom. The van der Waals surface area contributed by atoms with Gasteiger partial charge in [0.2, 0.25) is 5.91 Å². The van der Waals surface area contributed by atoms with Gasteiger partial charge in [0, 0.05) is 10.6 Å². The molecule has 1 heterocycles. The lowest BCUT2D eigenvalue weighted by Gasteiger charge is -2.20. The van der Waals surface area contributed by atoms with Crippen molar-refractivity contribution in [1.29, 1.82) is 0 Å². The normalized spacial score (nSPS) is 11.5. The summed E-state index contributed by atoms with van der Waals surface area (Å²) in [6, 6.07) is 7.28. The van der Waals surface area contributed by atoms with Gasteiger partial charge in [-0.3, -0.25) is 9.59 Å². The summed E-state index contributed by atoms with van der Waals surface area (Å²) >= 11 is 6.07. The Bertz CT molecular complexity index is 806. The molecule has 0 bridgehead atoms. The van der Waals surface area contributed by atoms with Crippen LogP contribution in [0.1, 0.15) is 56.6 Å². The third-order valence-corrected chi connectivity index (χ3v) is 3.81. The molecular formula is C19H25ClN4O2. The van der Waals surface area contributed by atoms with E-state index in [0.717, 1.165) is 11.4 Å². The third kappa shape index (κ3) is 5.08. The molecule has 2 aromatic rings. The van der Waals surface area contributed by atoms with Crippen LogP contribution in [0.4, 0.5) is 0 Å². The lowest BCUT2D eigenvalue weighted by molar-refractivity contribution is -0.121. The van der Waals surface area contributed by atoms with Crippen LogP contribution in [0.25, 0.3) is 5.69 Å². The number of nitrogens with zero attached hydrogens (tertiary/aromatic N) is 2. The summed E-state index contributed by atoms with van der Waals surface area (Å²) in [5.74, 6) is -0.508. The lowest BCUT2D eigenvalue weighted by atomic mass is 10.0. The van der Waals surface area contributed by atoms with Crippen molar-refractivity contribution in [3.63, 3.8) is 0 Å². The van der Waals surface area contributed by atoms with Crippen molar-refractivity contribution in [2.75, 3.05) is 6.54 Å². The van der Waals surface area contributed by atoms with Crippen LogP contribution in [-0.4, -0.2) is 33.7 Å². The first-order valence-electron chi connectivity index (χ1n) is 8.51. The van der Waals surface area contributed by atoms with E-state index in [9.17, 15) is 9.59 Å². The van der Waals surface area contributed by atoms with Gasteiger partial charge in [-0.25, -0.2) is 4.68 Å². The quantitative estimate of drug-likeness (QED) is 0.840. The van der Waals surface area contributed by atoms with Crippen molar-refractivity contribution in [1.82, 2.24) is 20.4 Å². The first-order chi connectivity index (χ1) is 12.1. The van der Waals surface area contributed by atoms with E-state index in [0.29, 0.717) is 10.6 Å². The molecule has 0 aliphatic heterocycles. The van der Waals surface area contributed by atoms with Crippen molar-refractivity contribution in [3.8, 4) is 5.69 Å². The number of carbonyl (C=O) groups is 2. The minimum atomic E-state index is -0.345. The van der Waals surface area contributed by atoms with E-state index in [4.69, 9.17) is 11.6 Å². The predicted octanol–water partition coefficient (Wildman–Crippen LogP) is 3.29. The molecule has 2 N–H and O–H groups in total. The van der Waals surface area contributed by atoms with E-state index in [1.807, 2.05) is 46.8 Å². The molecule has 26 heavy (non-hydrogen) atoms. The molecule has 0 spiro atoms. The Morgan fingerprint density at radius 3 is 2.54 bits per heavy atom. The molecule has 1 aromatic carbocycles. The Hall–Kier alpha value is -2.34. The van der Waals surface area contributed by atoms with E-state index in [1.54, 1.807) is 16.8 Å². The highest BCUT2D eigenvalue weighted by Crippen LogP contribution is 2.24. The molecule has 2 rings (SSSR count). The van der Waals surface area contributed by atoms with Gasteiger partial charge >= 0.3 is 0 Å². The average molecular weight is 377 g/mol. The standard InChI is InChI=1S/C19H25ClN4O2/c1-12(2)17-15(18(26)21-11-16(25)23-19(3,4)5)10-22-24(17)14-8-6-7-13(20)9-14/h6-10,12H,11H2,1-5H3,(H,21,26)(H,23,25). The fraction of sp³-hybridized carbons (Fsp3) is 0.421. The maximum Gasteiger partial charge on any atom is 0.255 e. The predicted molar refractivity (Wildman–Crippen MR) is 103 cm³/mol. The van der Waals surface area contributed by atoms with Crippen molar-refractivity contribution in [3.05, 3.63) is 46.7 Å². The number of hydrogen-bond acceptors (Lipinski definition) is 3. The minimum absolute atomic E-state index is 0.0561. The maximum atomic E-state index is 12.6. The highest BCUT2D eigenvalue weighted by molar-refractivity contribution is 6.30. The zero-order valence-electron chi connectivity index (χ0n) is 15.8. The Balaban J connectivity index is 2.22. The highest BCUT2D eigenvalue weighted by Gasteiger charge is 2.22. The smallest absolute Gasteiger partial charge is 0.255 e. The van der Waals surface area contributed by atoms with E-state index >= 15 is 0 Å². The highest BCUT2D eigenvalue weighted by atomic mass is 35.5. The summed E-state index contributed by atoms with van der Waals surface area (Å²) in [5, 5.41) is 10.4. The molecule has 0 saturated heterocycles. The van der Waals surface area contributed by atoms with Gasteiger partial charge in [-0.1, -0.05) is 31.5 Å². The summed E-state index contributed by atoms with van der Waals surface area (Å²) < 4.78 is 1.71. The van der Waals surface area contributed by atoms with Gasteiger partial charge < -0.3 is 10.6 Å². The molecule has 0 fully saturated rings. The number of carbonyl (C=O) groups excluding carboxylic acids is 2. The molecule has 0 saturated carbocycles. The van der Waals surface area contributed by atoms with Crippen LogP contribution in [0, 0.1) is 0 Å². The molecule has 7 heteroatoms. The van der Waals surface area contributed by atoms with E-state index in [2.05, 4.69) is 15.7 Å². The number of halogens is 1. The summed E-state index contributed by atoms with van der Waals surface area (Å²) in [6.07, 6.45) is 1.52. The van der Waals surface area contributed by atoms with Crippen molar-refractivity contribution < 1.29 is 9.59 Å². The fourth-order valence-electron chi connectivity index (χ4n) is 2.62. The van der Waals surface area contributed by atoms with Crippen LogP contribution in [-0.2, 0) is 4.79 Å². The van der Waals surface area contributed by atoms with Crippen molar-refractivity contribution >= 4 is 23.4 Å². The van der Waals surface area contributed by atoms with Gasteiger partial charge in [0.15, 0.2) is 0 Å². The largest absolute Gasteiger partial charge is 0.350 e. The molecule has 2 amide bonds. The van der Waals surface area contributed by atoms with Crippen LogP contribution in [0.2, 0.25) is 5.02 Å². The number of nitrogens with one attached hydrogen (secondary N) is 2. The van der Waals surface area contributed by atoms with Gasteiger partial charge in [0.05, 0.1) is 29.7 Å². The van der Waals surface area contributed by atoms with Crippen molar-refractivity contribution in [2.45, 2.75) is 46.1 Å². The van der Waals surface area contributed by atoms with E-state index in [-0.39, 0.29) is 29.8 Å². The number of hydrogen-bond donors (Lipinski definition) is 2. The fourth-order valence-corrected chi connectivity index (χ4v) is 2.80. The van der Waals surface area contributed by atoms with Crippen molar-refractivity contribution in [2.24, 2.45) is 0 Å². The van der Waals surface area contributed by atoms with Crippen LogP contribution in [0.15, 0.2) is 30.5 Å². The van der Waals surface area contributed by atoms with Crippen LogP contribution in [0.5, 0.6) is 0 Å². The second-order valence-electron chi connectivity index (χ2n) is 7.47. The molecule has 0 aliphatic rings. The summed E-state index contributed by atoms with van der Waals surface area (Å²) in [7, 11) is 0. The molecule has 0 unspecified atom stereocenters. The van der Waals surface area contributed by atoms with Gasteiger partial charge in [-0.15, -0.1) is 0 Å². The summed E-state index contributed by atoms with van der Waals surface area (Å²) in [4.78, 5) is 24.5. The van der Waals surface area contributed by atoms with Gasteiger partial charge in [-0.2, -0.15) is 5.10 Å².